The molecule has 110 valence electrons. The molecule has 0 bridgehead atoms. The summed E-state index contributed by atoms with van der Waals surface area (Å²) in [7, 11) is 1.69. The molecule has 1 N–H and O–H groups in total. The topological polar surface area (TPSA) is 55.1 Å². The van der Waals surface area contributed by atoms with Crippen LogP contribution in [-0.4, -0.2) is 20.6 Å². The highest BCUT2D eigenvalue weighted by atomic mass is 35.5. The summed E-state index contributed by atoms with van der Waals surface area (Å²) in [6, 6.07) is 16.6. The van der Waals surface area contributed by atoms with Crippen molar-refractivity contribution in [2.45, 2.75) is 0 Å². The zero-order valence-corrected chi connectivity index (χ0v) is 12.6. The number of nitrogens with zero attached hydrogens (tertiary/aromatic N) is 2. The van der Waals surface area contributed by atoms with Crippen LogP contribution in [0.15, 0.2) is 54.6 Å². The molecule has 3 aromatic rings. The van der Waals surface area contributed by atoms with Crippen LogP contribution in [0.3, 0.4) is 0 Å². The molecule has 0 atom stereocenters. The highest BCUT2D eigenvalue weighted by molar-refractivity contribution is 6.33. The summed E-state index contributed by atoms with van der Waals surface area (Å²) in [6.07, 6.45) is 0. The summed E-state index contributed by atoms with van der Waals surface area (Å²) in [4.78, 5) is 16.2. The van der Waals surface area contributed by atoms with Crippen molar-refractivity contribution in [3.8, 4) is 22.6 Å². The largest absolute Gasteiger partial charge is 0.477 e. The van der Waals surface area contributed by atoms with E-state index in [-0.39, 0.29) is 5.69 Å². The molecule has 0 saturated carbocycles. The lowest BCUT2D eigenvalue weighted by atomic mass is 10.1. The maximum atomic E-state index is 11.7. The van der Waals surface area contributed by atoms with Crippen LogP contribution in [0.2, 0.25) is 5.02 Å². The molecule has 0 aliphatic carbocycles. The summed E-state index contributed by atoms with van der Waals surface area (Å²) < 4.78 is 1.58. The van der Waals surface area contributed by atoms with Gasteiger partial charge in [-0.1, -0.05) is 60.1 Å². The monoisotopic (exact) mass is 312 g/mol. The predicted molar refractivity (Wildman–Crippen MR) is 86.0 cm³/mol. The molecule has 0 aliphatic heterocycles. The van der Waals surface area contributed by atoms with Crippen molar-refractivity contribution in [3.05, 3.63) is 65.3 Å². The Bertz CT molecular complexity index is 841. The van der Waals surface area contributed by atoms with E-state index in [1.54, 1.807) is 29.8 Å². The van der Waals surface area contributed by atoms with Gasteiger partial charge in [-0.3, -0.25) is 0 Å². The molecule has 0 aliphatic rings. The average Bonchev–Trinajstić information content (AvgIpc) is 2.86. The Kier molecular flexibility index (Phi) is 3.69. The number of carboxylic acid groups (broad SMARTS) is 1. The molecular weight excluding hydrogens is 300 g/mol. The van der Waals surface area contributed by atoms with Gasteiger partial charge in [0.05, 0.1) is 5.02 Å². The number of carboxylic acids is 1. The first-order valence-electron chi connectivity index (χ1n) is 6.70. The number of hydrogen-bond acceptors (Lipinski definition) is 2. The molecule has 4 nitrogen and oxygen atoms in total. The van der Waals surface area contributed by atoms with E-state index >= 15 is 0 Å². The van der Waals surface area contributed by atoms with Crippen LogP contribution >= 0.6 is 11.6 Å². The number of hydrogen-bond donors (Lipinski definition) is 1. The zero-order valence-electron chi connectivity index (χ0n) is 11.8. The Hall–Kier alpha value is -2.59. The molecule has 2 aromatic carbocycles. The molecule has 1 aromatic heterocycles. The third-order valence-corrected chi connectivity index (χ3v) is 3.79. The van der Waals surface area contributed by atoms with E-state index in [4.69, 9.17) is 11.6 Å². The first-order valence-corrected chi connectivity index (χ1v) is 7.07. The van der Waals surface area contributed by atoms with Gasteiger partial charge in [-0.25, -0.2) is 9.78 Å². The number of rotatable bonds is 3. The average molecular weight is 313 g/mol. The van der Waals surface area contributed by atoms with Crippen molar-refractivity contribution in [3.63, 3.8) is 0 Å². The van der Waals surface area contributed by atoms with Gasteiger partial charge in [-0.2, -0.15) is 0 Å². The summed E-state index contributed by atoms with van der Waals surface area (Å²) >= 11 is 6.20. The molecule has 1 heterocycles. The van der Waals surface area contributed by atoms with Crippen LogP contribution in [0.1, 0.15) is 10.5 Å². The predicted octanol–water partition coefficient (Wildman–Crippen LogP) is 4.11. The third-order valence-electron chi connectivity index (χ3n) is 3.46. The van der Waals surface area contributed by atoms with E-state index < -0.39 is 5.97 Å². The summed E-state index contributed by atoms with van der Waals surface area (Å²) in [5.74, 6) is -0.444. The molecule has 0 fully saturated rings. The van der Waals surface area contributed by atoms with E-state index in [0.29, 0.717) is 22.1 Å². The molecule has 0 spiro atoms. The van der Waals surface area contributed by atoms with E-state index in [9.17, 15) is 9.90 Å². The third kappa shape index (κ3) is 2.38. The number of halogens is 1. The van der Waals surface area contributed by atoms with Crippen LogP contribution in [-0.2, 0) is 7.05 Å². The number of imidazole rings is 1. The van der Waals surface area contributed by atoms with E-state index in [0.717, 1.165) is 5.56 Å². The van der Waals surface area contributed by atoms with Gasteiger partial charge >= 0.3 is 5.97 Å². The van der Waals surface area contributed by atoms with Crippen LogP contribution < -0.4 is 0 Å². The molecular formula is C17H13ClN2O2. The lowest BCUT2D eigenvalue weighted by Gasteiger charge is -2.04. The molecule has 0 amide bonds. The second-order valence-corrected chi connectivity index (χ2v) is 5.25. The van der Waals surface area contributed by atoms with Gasteiger partial charge in [0.15, 0.2) is 5.69 Å². The van der Waals surface area contributed by atoms with Crippen LogP contribution in [0.4, 0.5) is 0 Å². The minimum absolute atomic E-state index is 0.118. The van der Waals surface area contributed by atoms with Gasteiger partial charge in [0.2, 0.25) is 0 Å². The molecule has 0 saturated heterocycles. The Balaban J connectivity index is 2.28. The van der Waals surface area contributed by atoms with Gasteiger partial charge in [-0.15, -0.1) is 0 Å². The first kappa shape index (κ1) is 14.4. The van der Waals surface area contributed by atoms with Gasteiger partial charge in [-0.05, 0) is 6.07 Å². The Morgan fingerprint density at radius 2 is 1.73 bits per heavy atom. The van der Waals surface area contributed by atoms with Gasteiger partial charge in [0.25, 0.3) is 0 Å². The van der Waals surface area contributed by atoms with E-state index in [2.05, 4.69) is 4.98 Å². The fourth-order valence-electron chi connectivity index (χ4n) is 2.43. The Morgan fingerprint density at radius 3 is 2.36 bits per heavy atom. The van der Waals surface area contributed by atoms with E-state index in [1.807, 2.05) is 36.4 Å². The minimum atomic E-state index is -1.04. The fourth-order valence-corrected chi connectivity index (χ4v) is 2.66. The Labute approximate surface area is 132 Å². The summed E-state index contributed by atoms with van der Waals surface area (Å²) in [5, 5.41) is 10.0. The Morgan fingerprint density at radius 1 is 1.09 bits per heavy atom. The summed E-state index contributed by atoms with van der Waals surface area (Å²) in [6.45, 7) is 0. The normalized spacial score (nSPS) is 10.6. The lowest BCUT2D eigenvalue weighted by molar-refractivity contribution is 0.0687. The molecule has 0 radical (unpaired) electrons. The number of benzene rings is 2. The molecule has 3 rings (SSSR count). The van der Waals surface area contributed by atoms with Crippen molar-refractivity contribution < 1.29 is 9.90 Å². The standard InChI is InChI=1S/C17H13ClN2O2/c1-20-15(17(21)22)14(12-9-5-6-10-13(12)18)19-16(20)11-7-3-2-4-8-11/h2-10H,1H3,(H,21,22). The second-order valence-electron chi connectivity index (χ2n) is 4.84. The molecule has 5 heteroatoms. The fraction of sp³-hybridized carbons (Fsp3) is 0.0588. The van der Waals surface area contributed by atoms with Crippen molar-refractivity contribution in [2.75, 3.05) is 0 Å². The second kappa shape index (κ2) is 5.66. The van der Waals surface area contributed by atoms with Crippen LogP contribution in [0, 0.1) is 0 Å². The maximum Gasteiger partial charge on any atom is 0.354 e. The SMILES string of the molecule is Cn1c(-c2ccccc2)nc(-c2ccccc2Cl)c1C(=O)O. The highest BCUT2D eigenvalue weighted by Crippen LogP contribution is 2.32. The number of aromatic carboxylic acids is 1. The summed E-state index contributed by atoms with van der Waals surface area (Å²) in [5.41, 5.74) is 1.96. The van der Waals surface area contributed by atoms with Crippen LogP contribution in [0.25, 0.3) is 22.6 Å². The van der Waals surface area contributed by atoms with Gasteiger partial charge in [0.1, 0.15) is 11.5 Å². The van der Waals surface area contributed by atoms with Crippen molar-refractivity contribution in [1.82, 2.24) is 9.55 Å². The maximum absolute atomic E-state index is 11.7. The quantitative estimate of drug-likeness (QED) is 0.792. The highest BCUT2D eigenvalue weighted by Gasteiger charge is 2.23. The van der Waals surface area contributed by atoms with E-state index in [1.165, 1.54) is 0 Å². The van der Waals surface area contributed by atoms with Crippen molar-refractivity contribution >= 4 is 17.6 Å². The molecule has 0 unspecified atom stereocenters. The van der Waals surface area contributed by atoms with Crippen molar-refractivity contribution in [1.29, 1.82) is 0 Å². The zero-order chi connectivity index (χ0) is 15.7. The molecule has 22 heavy (non-hydrogen) atoms. The lowest BCUT2D eigenvalue weighted by Crippen LogP contribution is -2.06. The van der Waals surface area contributed by atoms with Crippen molar-refractivity contribution in [2.24, 2.45) is 7.05 Å². The minimum Gasteiger partial charge on any atom is -0.477 e. The number of carbonyl (C=O) groups is 1. The number of aromatic nitrogens is 2. The van der Waals surface area contributed by atoms with Gasteiger partial charge in [0, 0.05) is 18.2 Å². The first-order chi connectivity index (χ1) is 10.6. The van der Waals surface area contributed by atoms with Gasteiger partial charge < -0.3 is 9.67 Å². The smallest absolute Gasteiger partial charge is 0.354 e. The van der Waals surface area contributed by atoms with Crippen LogP contribution in [0.5, 0.6) is 0 Å².